The Morgan fingerprint density at radius 3 is 2.90 bits per heavy atom. The third-order valence-electron chi connectivity index (χ3n) is 1.70. The highest BCUT2D eigenvalue weighted by molar-refractivity contribution is 5.78. The van der Waals surface area contributed by atoms with Gasteiger partial charge in [0.05, 0.1) is 13.1 Å². The van der Waals surface area contributed by atoms with E-state index in [1.165, 1.54) is 6.42 Å². The number of likely N-dealkylation sites (tertiary alicyclic amines) is 1. The van der Waals surface area contributed by atoms with Gasteiger partial charge < -0.3 is 10.6 Å². The van der Waals surface area contributed by atoms with Crippen LogP contribution in [0.2, 0.25) is 0 Å². The van der Waals surface area contributed by atoms with Crippen LogP contribution >= 0.6 is 0 Å². The Morgan fingerprint density at radius 2 is 2.40 bits per heavy atom. The number of carbonyl (C=O) groups is 1. The minimum absolute atomic E-state index is 0.0414. The molecule has 0 aliphatic carbocycles. The van der Waals surface area contributed by atoms with Crippen LogP contribution in [0.3, 0.4) is 0 Å². The van der Waals surface area contributed by atoms with Crippen molar-refractivity contribution in [1.82, 2.24) is 4.90 Å². The van der Waals surface area contributed by atoms with Gasteiger partial charge in [-0.1, -0.05) is 0 Å². The summed E-state index contributed by atoms with van der Waals surface area (Å²) >= 11 is 0. The molecule has 10 heavy (non-hydrogen) atoms. The Kier molecular flexibility index (Phi) is 2.68. The van der Waals surface area contributed by atoms with E-state index in [1.54, 1.807) is 4.90 Å². The van der Waals surface area contributed by atoms with Gasteiger partial charge in [-0.05, 0) is 19.3 Å². The number of hydrogen-bond acceptors (Lipinski definition) is 2. The van der Waals surface area contributed by atoms with Gasteiger partial charge in [-0.2, -0.15) is 0 Å². The maximum Gasteiger partial charge on any atom is 0.236 e. The van der Waals surface area contributed by atoms with E-state index in [9.17, 15) is 4.79 Å². The van der Waals surface area contributed by atoms with Crippen molar-refractivity contribution in [2.75, 3.05) is 13.1 Å². The molecule has 1 rings (SSSR count). The predicted octanol–water partition coefficient (Wildman–Crippen LogP) is 0.119. The molecule has 1 fully saturated rings. The van der Waals surface area contributed by atoms with Crippen molar-refractivity contribution < 1.29 is 4.79 Å². The van der Waals surface area contributed by atoms with Crippen LogP contribution < -0.4 is 5.73 Å². The fourth-order valence-electron chi connectivity index (χ4n) is 1.11. The van der Waals surface area contributed by atoms with E-state index in [1.807, 2.05) is 6.54 Å². The zero-order chi connectivity index (χ0) is 7.40. The number of carbonyl (C=O) groups excluding carboxylic acids is 1. The summed E-state index contributed by atoms with van der Waals surface area (Å²) in [5, 5.41) is 0. The third kappa shape index (κ3) is 1.70. The highest BCUT2D eigenvalue weighted by Crippen LogP contribution is 2.11. The molecular formula is C7H13N2O. The van der Waals surface area contributed by atoms with Gasteiger partial charge in [-0.3, -0.25) is 4.79 Å². The molecule has 0 aromatic carbocycles. The molecule has 0 aromatic heterocycles. The number of nitrogens with two attached hydrogens (primary N) is 1. The molecule has 0 bridgehead atoms. The van der Waals surface area contributed by atoms with E-state index in [0.29, 0.717) is 0 Å². The Hall–Kier alpha value is -0.570. The van der Waals surface area contributed by atoms with Gasteiger partial charge in [0.25, 0.3) is 0 Å². The van der Waals surface area contributed by atoms with Crippen LogP contribution in [0.5, 0.6) is 0 Å². The summed E-state index contributed by atoms with van der Waals surface area (Å²) in [6.45, 7) is 2.94. The third-order valence-corrected chi connectivity index (χ3v) is 1.70. The number of rotatable bonds is 1. The lowest BCUT2D eigenvalue weighted by molar-refractivity contribution is -0.128. The minimum Gasteiger partial charge on any atom is -0.337 e. The van der Waals surface area contributed by atoms with Crippen LogP contribution in [-0.4, -0.2) is 23.9 Å². The molecule has 3 heteroatoms. The van der Waals surface area contributed by atoms with Gasteiger partial charge in [-0.25, -0.2) is 0 Å². The van der Waals surface area contributed by atoms with E-state index in [4.69, 9.17) is 5.73 Å². The van der Waals surface area contributed by atoms with Gasteiger partial charge in [0.1, 0.15) is 0 Å². The highest BCUT2D eigenvalue weighted by Gasteiger charge is 2.14. The summed E-state index contributed by atoms with van der Waals surface area (Å²) in [5.74, 6) is 0.0414. The largest absolute Gasteiger partial charge is 0.337 e. The molecule has 1 aliphatic heterocycles. The molecule has 0 spiro atoms. The van der Waals surface area contributed by atoms with Crippen LogP contribution in [0, 0.1) is 6.54 Å². The van der Waals surface area contributed by atoms with Crippen molar-refractivity contribution in [2.45, 2.75) is 19.3 Å². The Bertz CT molecular complexity index is 119. The van der Waals surface area contributed by atoms with Crippen LogP contribution in [0.25, 0.3) is 0 Å². The second kappa shape index (κ2) is 3.56. The SMILES string of the molecule is NCC(=O)N1[CH]CCCC1. The first-order chi connectivity index (χ1) is 4.84. The highest BCUT2D eigenvalue weighted by atomic mass is 16.2. The molecular weight excluding hydrogens is 128 g/mol. The molecule has 1 saturated heterocycles. The van der Waals surface area contributed by atoms with E-state index < -0.39 is 0 Å². The van der Waals surface area contributed by atoms with Crippen molar-refractivity contribution in [3.05, 3.63) is 6.54 Å². The summed E-state index contributed by atoms with van der Waals surface area (Å²) in [6.07, 6.45) is 3.34. The molecule has 1 radical (unpaired) electrons. The van der Waals surface area contributed by atoms with Gasteiger partial charge in [0, 0.05) is 6.54 Å². The standard InChI is InChI=1S/C7H13N2O/c8-6-7(10)9-4-2-1-3-5-9/h4H,1-3,5-6,8H2. The Morgan fingerprint density at radius 1 is 1.60 bits per heavy atom. The van der Waals surface area contributed by atoms with Crippen LogP contribution in [-0.2, 0) is 4.79 Å². The summed E-state index contributed by atoms with van der Waals surface area (Å²) in [5.41, 5.74) is 5.19. The average Bonchev–Trinajstić information content (AvgIpc) is 2.05. The van der Waals surface area contributed by atoms with Crippen LogP contribution in [0.1, 0.15) is 19.3 Å². The molecule has 0 aromatic rings. The molecule has 3 nitrogen and oxygen atoms in total. The average molecular weight is 141 g/mol. The maximum atomic E-state index is 10.9. The molecule has 2 N–H and O–H groups in total. The Labute approximate surface area is 61.2 Å². The van der Waals surface area contributed by atoms with E-state index in [-0.39, 0.29) is 12.5 Å². The second-order valence-electron chi connectivity index (χ2n) is 2.47. The molecule has 1 aliphatic rings. The minimum atomic E-state index is 0.0414. The van der Waals surface area contributed by atoms with Gasteiger partial charge in [0.2, 0.25) is 5.91 Å². The molecule has 1 heterocycles. The fraction of sp³-hybridized carbons (Fsp3) is 0.714. The van der Waals surface area contributed by atoms with Crippen molar-refractivity contribution in [1.29, 1.82) is 0 Å². The zero-order valence-corrected chi connectivity index (χ0v) is 6.05. The van der Waals surface area contributed by atoms with Gasteiger partial charge in [0.15, 0.2) is 0 Å². The molecule has 57 valence electrons. The second-order valence-corrected chi connectivity index (χ2v) is 2.47. The maximum absolute atomic E-state index is 10.9. The van der Waals surface area contributed by atoms with Crippen molar-refractivity contribution in [3.63, 3.8) is 0 Å². The molecule has 0 atom stereocenters. The lowest BCUT2D eigenvalue weighted by Crippen LogP contribution is -2.36. The topological polar surface area (TPSA) is 46.3 Å². The quantitative estimate of drug-likeness (QED) is 0.563. The normalized spacial score (nSPS) is 19.1. The van der Waals surface area contributed by atoms with Crippen molar-refractivity contribution in [3.8, 4) is 0 Å². The fourth-order valence-corrected chi connectivity index (χ4v) is 1.11. The Balaban J connectivity index is 2.31. The van der Waals surface area contributed by atoms with Crippen LogP contribution in [0.4, 0.5) is 0 Å². The number of piperidine rings is 1. The number of hydrogen-bond donors (Lipinski definition) is 1. The summed E-state index contributed by atoms with van der Waals surface area (Å²) in [4.78, 5) is 12.7. The van der Waals surface area contributed by atoms with Crippen LogP contribution in [0.15, 0.2) is 0 Å². The first-order valence-electron chi connectivity index (χ1n) is 3.67. The first-order valence-corrected chi connectivity index (χ1v) is 3.67. The monoisotopic (exact) mass is 141 g/mol. The summed E-state index contributed by atoms with van der Waals surface area (Å²) in [7, 11) is 0. The summed E-state index contributed by atoms with van der Waals surface area (Å²) < 4.78 is 0. The van der Waals surface area contributed by atoms with E-state index >= 15 is 0 Å². The van der Waals surface area contributed by atoms with Crippen molar-refractivity contribution >= 4 is 5.91 Å². The first kappa shape index (κ1) is 7.54. The molecule has 1 amide bonds. The van der Waals surface area contributed by atoms with Crippen molar-refractivity contribution in [2.24, 2.45) is 5.73 Å². The van der Waals surface area contributed by atoms with E-state index in [2.05, 4.69) is 0 Å². The van der Waals surface area contributed by atoms with E-state index in [0.717, 1.165) is 19.4 Å². The smallest absolute Gasteiger partial charge is 0.236 e. The number of nitrogens with zero attached hydrogens (tertiary/aromatic N) is 1. The molecule has 0 saturated carbocycles. The zero-order valence-electron chi connectivity index (χ0n) is 6.05. The van der Waals surface area contributed by atoms with Gasteiger partial charge in [-0.15, -0.1) is 0 Å². The number of amides is 1. The predicted molar refractivity (Wildman–Crippen MR) is 38.9 cm³/mol. The summed E-state index contributed by atoms with van der Waals surface area (Å²) in [6, 6.07) is 0. The lowest BCUT2D eigenvalue weighted by atomic mass is 10.1. The van der Waals surface area contributed by atoms with Gasteiger partial charge >= 0.3 is 0 Å². The molecule has 0 unspecified atom stereocenters. The lowest BCUT2D eigenvalue weighted by Gasteiger charge is -2.25.